The maximum Gasteiger partial charge on any atom is 0.245 e. The first-order chi connectivity index (χ1) is 14.6. The molecule has 0 spiro atoms. The van der Waals surface area contributed by atoms with Gasteiger partial charge in [0.1, 0.15) is 17.3 Å². The van der Waals surface area contributed by atoms with Crippen molar-refractivity contribution in [1.29, 1.82) is 0 Å². The minimum atomic E-state index is 0.0237. The van der Waals surface area contributed by atoms with E-state index >= 15 is 0 Å². The Morgan fingerprint density at radius 3 is 2.60 bits per heavy atom. The average Bonchev–Trinajstić information content (AvgIpc) is 3.14. The molecule has 0 radical (unpaired) electrons. The number of likely N-dealkylation sites (tertiary alicyclic amines) is 1. The highest BCUT2D eigenvalue weighted by atomic mass is 16.5. The molecular weight excluding hydrogens is 376 g/mol. The van der Waals surface area contributed by atoms with E-state index in [-0.39, 0.29) is 5.91 Å². The van der Waals surface area contributed by atoms with Crippen molar-refractivity contribution in [1.82, 2.24) is 9.80 Å². The molecule has 1 fully saturated rings. The summed E-state index contributed by atoms with van der Waals surface area (Å²) in [5, 5.41) is 0. The van der Waals surface area contributed by atoms with Crippen molar-refractivity contribution in [2.24, 2.45) is 11.7 Å². The second kappa shape index (κ2) is 8.95. The fourth-order valence-corrected chi connectivity index (χ4v) is 4.10. The van der Waals surface area contributed by atoms with Gasteiger partial charge in [0.25, 0.3) is 0 Å². The highest BCUT2D eigenvalue weighted by Crippen LogP contribution is 2.28. The number of rotatable bonds is 6. The van der Waals surface area contributed by atoms with Crippen LogP contribution in [-0.2, 0) is 4.79 Å². The van der Waals surface area contributed by atoms with E-state index in [1.165, 1.54) is 6.08 Å². The van der Waals surface area contributed by atoms with Crippen LogP contribution in [0.2, 0.25) is 0 Å². The molecular formula is C24H28N4O2. The summed E-state index contributed by atoms with van der Waals surface area (Å²) in [5.74, 6) is 2.79. The lowest BCUT2D eigenvalue weighted by Gasteiger charge is -2.34. The van der Waals surface area contributed by atoms with E-state index in [2.05, 4.69) is 16.4 Å². The van der Waals surface area contributed by atoms with Crippen LogP contribution in [0, 0.1) is 5.92 Å². The minimum Gasteiger partial charge on any atom is -0.457 e. The third-order valence-corrected chi connectivity index (χ3v) is 5.57. The number of anilines is 1. The van der Waals surface area contributed by atoms with Crippen molar-refractivity contribution in [3.05, 3.63) is 79.3 Å². The molecule has 1 atom stereocenters. The van der Waals surface area contributed by atoms with Gasteiger partial charge in [0.2, 0.25) is 5.91 Å². The van der Waals surface area contributed by atoms with Crippen molar-refractivity contribution < 1.29 is 9.53 Å². The topological polar surface area (TPSA) is 62.0 Å². The van der Waals surface area contributed by atoms with Crippen molar-refractivity contribution in [2.75, 3.05) is 31.2 Å². The minimum absolute atomic E-state index is 0.0237. The Kier molecular flexibility index (Phi) is 5.93. The number of piperidine rings is 1. The number of hydrogen-bond donors (Lipinski definition) is 1. The van der Waals surface area contributed by atoms with E-state index in [0.717, 1.165) is 55.5 Å². The third kappa shape index (κ3) is 4.59. The maximum absolute atomic E-state index is 11.9. The van der Waals surface area contributed by atoms with Gasteiger partial charge in [-0.1, -0.05) is 24.8 Å². The molecule has 1 amide bonds. The van der Waals surface area contributed by atoms with E-state index in [1.807, 2.05) is 65.7 Å². The lowest BCUT2D eigenvalue weighted by molar-refractivity contribution is -0.127. The Bertz CT molecular complexity index is 911. The van der Waals surface area contributed by atoms with Crippen LogP contribution >= 0.6 is 0 Å². The van der Waals surface area contributed by atoms with Gasteiger partial charge in [-0.25, -0.2) is 0 Å². The molecule has 1 unspecified atom stereocenters. The normalized spacial score (nSPS) is 18.9. The zero-order valence-corrected chi connectivity index (χ0v) is 17.1. The van der Waals surface area contributed by atoms with Crippen molar-refractivity contribution in [3.8, 4) is 11.5 Å². The summed E-state index contributed by atoms with van der Waals surface area (Å²) in [7, 11) is 0. The van der Waals surface area contributed by atoms with E-state index in [9.17, 15) is 4.79 Å². The number of nitrogens with two attached hydrogens (primary N) is 1. The summed E-state index contributed by atoms with van der Waals surface area (Å²) in [4.78, 5) is 18.1. The van der Waals surface area contributed by atoms with Crippen LogP contribution in [0.25, 0.3) is 0 Å². The van der Waals surface area contributed by atoms with Gasteiger partial charge in [-0.2, -0.15) is 0 Å². The predicted molar refractivity (Wildman–Crippen MR) is 119 cm³/mol. The third-order valence-electron chi connectivity index (χ3n) is 5.57. The molecule has 2 N–H and O–H groups in total. The molecule has 2 heterocycles. The number of para-hydroxylation sites is 1. The maximum atomic E-state index is 11.9. The molecule has 2 aromatic rings. The first-order valence-electron chi connectivity index (χ1n) is 10.4. The Hall–Kier alpha value is -3.41. The van der Waals surface area contributed by atoms with Crippen LogP contribution in [0.15, 0.2) is 79.3 Å². The molecule has 1 saturated heterocycles. The summed E-state index contributed by atoms with van der Waals surface area (Å²) in [6, 6.07) is 17.7. The number of carbonyl (C=O) groups is 1. The van der Waals surface area contributed by atoms with Gasteiger partial charge < -0.3 is 25.2 Å². The average molecular weight is 405 g/mol. The number of nitrogens with zero attached hydrogens (tertiary/aromatic N) is 3. The van der Waals surface area contributed by atoms with E-state index in [1.54, 1.807) is 0 Å². The number of amides is 1. The van der Waals surface area contributed by atoms with Gasteiger partial charge in [0, 0.05) is 31.5 Å². The van der Waals surface area contributed by atoms with Crippen molar-refractivity contribution in [2.45, 2.75) is 12.8 Å². The molecule has 30 heavy (non-hydrogen) atoms. The number of ether oxygens (including phenoxy) is 1. The van der Waals surface area contributed by atoms with Crippen LogP contribution in [0.3, 0.4) is 0 Å². The molecule has 4 rings (SSSR count). The Labute approximate surface area is 177 Å². The second-order valence-corrected chi connectivity index (χ2v) is 7.80. The quantitative estimate of drug-likeness (QED) is 0.743. The second-order valence-electron chi connectivity index (χ2n) is 7.80. The number of hydrogen-bond acceptors (Lipinski definition) is 5. The van der Waals surface area contributed by atoms with Crippen LogP contribution < -0.4 is 15.4 Å². The first kappa shape index (κ1) is 19.9. The van der Waals surface area contributed by atoms with E-state index in [4.69, 9.17) is 10.5 Å². The summed E-state index contributed by atoms with van der Waals surface area (Å²) >= 11 is 0. The van der Waals surface area contributed by atoms with E-state index in [0.29, 0.717) is 12.6 Å². The molecule has 0 saturated carbocycles. The Morgan fingerprint density at radius 2 is 1.87 bits per heavy atom. The SMILES string of the molecule is C=CC(=O)N1CCCC(CN2C=C(N)N(c3ccc(Oc4ccccc4)cc3)C2)C1. The highest BCUT2D eigenvalue weighted by Gasteiger charge is 2.27. The lowest BCUT2D eigenvalue weighted by Crippen LogP contribution is -2.42. The standard InChI is InChI=1S/C24H28N4O2/c1-2-24(29)27-14-6-7-19(16-27)15-26-17-23(25)28(18-26)20-10-12-22(13-11-20)30-21-8-4-3-5-9-21/h2-5,8-13,17,19H,1,6-7,14-16,18,25H2. The molecule has 2 aromatic carbocycles. The van der Waals surface area contributed by atoms with Crippen molar-refractivity contribution >= 4 is 11.6 Å². The largest absolute Gasteiger partial charge is 0.457 e. The van der Waals surface area contributed by atoms with Gasteiger partial charge in [0.15, 0.2) is 0 Å². The summed E-state index contributed by atoms with van der Waals surface area (Å²) in [6.45, 7) is 6.79. The smallest absolute Gasteiger partial charge is 0.245 e. The molecule has 0 aliphatic carbocycles. The molecule has 156 valence electrons. The van der Waals surface area contributed by atoms with Crippen molar-refractivity contribution in [3.63, 3.8) is 0 Å². The zero-order chi connectivity index (χ0) is 20.9. The number of benzene rings is 2. The van der Waals surface area contributed by atoms with Gasteiger partial charge >= 0.3 is 0 Å². The Balaban J connectivity index is 1.35. The summed E-state index contributed by atoms with van der Waals surface area (Å²) < 4.78 is 5.87. The molecule has 0 bridgehead atoms. The van der Waals surface area contributed by atoms with Crippen LogP contribution in [0.4, 0.5) is 5.69 Å². The highest BCUT2D eigenvalue weighted by molar-refractivity contribution is 5.87. The first-order valence-corrected chi connectivity index (χ1v) is 10.4. The molecule has 2 aliphatic heterocycles. The monoisotopic (exact) mass is 404 g/mol. The lowest BCUT2D eigenvalue weighted by atomic mass is 9.97. The zero-order valence-electron chi connectivity index (χ0n) is 17.1. The summed E-state index contributed by atoms with van der Waals surface area (Å²) in [6.07, 6.45) is 5.56. The Morgan fingerprint density at radius 1 is 1.13 bits per heavy atom. The van der Waals surface area contributed by atoms with Crippen LogP contribution in [0.5, 0.6) is 11.5 Å². The van der Waals surface area contributed by atoms with Gasteiger partial charge in [-0.3, -0.25) is 4.79 Å². The van der Waals surface area contributed by atoms with E-state index < -0.39 is 0 Å². The number of carbonyl (C=O) groups excluding carboxylic acids is 1. The fourth-order valence-electron chi connectivity index (χ4n) is 4.10. The van der Waals surface area contributed by atoms with Gasteiger partial charge in [-0.05, 0) is 61.2 Å². The summed E-state index contributed by atoms with van der Waals surface area (Å²) in [5.41, 5.74) is 7.33. The fraction of sp³-hybridized carbons (Fsp3) is 0.292. The molecule has 2 aliphatic rings. The molecule has 6 heteroatoms. The van der Waals surface area contributed by atoms with Crippen LogP contribution in [-0.4, -0.2) is 42.0 Å². The molecule has 0 aromatic heterocycles. The van der Waals surface area contributed by atoms with Crippen LogP contribution in [0.1, 0.15) is 12.8 Å². The predicted octanol–water partition coefficient (Wildman–Crippen LogP) is 3.74. The van der Waals surface area contributed by atoms with Gasteiger partial charge in [-0.15, -0.1) is 0 Å². The van der Waals surface area contributed by atoms with Gasteiger partial charge in [0.05, 0.1) is 6.67 Å². The molecule has 6 nitrogen and oxygen atoms in total.